The smallest absolute Gasteiger partial charge is 0.328 e. The van der Waals surface area contributed by atoms with Crippen LogP contribution in [0.4, 0.5) is 0 Å². The average Bonchev–Trinajstić information content (AvgIpc) is 4.37. The summed E-state index contributed by atoms with van der Waals surface area (Å²) in [6.07, 6.45) is 29.2. The van der Waals surface area contributed by atoms with Gasteiger partial charge in [-0.1, -0.05) is 59.0 Å². The number of imidazole rings is 6. The van der Waals surface area contributed by atoms with Gasteiger partial charge in [-0.15, -0.1) is 0 Å². The van der Waals surface area contributed by atoms with Crippen LogP contribution < -0.4 is 17.1 Å². The first-order valence-electron chi connectivity index (χ1n) is 30.0. The summed E-state index contributed by atoms with van der Waals surface area (Å²) in [5.74, 6) is 7.48. The number of aromatic amines is 1. The van der Waals surface area contributed by atoms with E-state index in [1.54, 1.807) is 34.5 Å². The van der Waals surface area contributed by atoms with Crippen LogP contribution in [-0.2, 0) is 59.8 Å². The molecule has 6 fully saturated rings. The van der Waals surface area contributed by atoms with Gasteiger partial charge >= 0.3 is 17.1 Å². The summed E-state index contributed by atoms with van der Waals surface area (Å²) in [7, 11) is 11.0. The molecule has 3 aromatic carbocycles. The van der Waals surface area contributed by atoms with Gasteiger partial charge in [-0.2, -0.15) is 0 Å². The van der Waals surface area contributed by atoms with E-state index in [9.17, 15) is 14.4 Å². The molecule has 82 heavy (non-hydrogen) atoms. The van der Waals surface area contributed by atoms with Gasteiger partial charge in [-0.3, -0.25) is 27.4 Å². The molecule has 15 nitrogen and oxygen atoms in total. The number of H-pyrrole nitrogens is 1. The second kappa shape index (κ2) is 19.9. The summed E-state index contributed by atoms with van der Waals surface area (Å²) in [6.45, 7) is 1.62. The van der Waals surface area contributed by atoms with Crippen molar-refractivity contribution >= 4 is 72.4 Å². The van der Waals surface area contributed by atoms with Gasteiger partial charge < -0.3 is 14.1 Å². The summed E-state index contributed by atoms with van der Waals surface area (Å²) >= 11 is 2.32. The van der Waals surface area contributed by atoms with Crippen LogP contribution in [0.2, 0.25) is 0 Å². The summed E-state index contributed by atoms with van der Waals surface area (Å²) in [4.78, 5) is 53.5. The Hall–Kier alpha value is -6.95. The fraction of sp³-hybridized carbons (Fsp3) is 0.455. The largest absolute Gasteiger partial charge is 0.348 e. The van der Waals surface area contributed by atoms with Crippen LogP contribution >= 0.6 is 22.6 Å². The Morgan fingerprint density at radius 2 is 0.927 bits per heavy atom. The van der Waals surface area contributed by atoms with Crippen LogP contribution in [0, 0.1) is 35.5 Å². The van der Waals surface area contributed by atoms with Crippen molar-refractivity contribution in [2.45, 2.75) is 112 Å². The Bertz CT molecular complexity index is 4350. The minimum atomic E-state index is 0.0248. The van der Waals surface area contributed by atoms with E-state index in [1.165, 1.54) is 145 Å². The number of alkyl halides is 1. The van der Waals surface area contributed by atoms with Crippen LogP contribution in [0.5, 0.6) is 0 Å². The fourth-order valence-electron chi connectivity index (χ4n) is 14.1. The minimum absolute atomic E-state index is 0.0248. The van der Waals surface area contributed by atoms with E-state index in [4.69, 9.17) is 9.97 Å². The normalized spacial score (nSPS) is 23.3. The van der Waals surface area contributed by atoms with Gasteiger partial charge in [0.2, 0.25) is 0 Å². The quantitative estimate of drug-likeness (QED) is 0.101. The van der Waals surface area contributed by atoms with Crippen LogP contribution in [0.3, 0.4) is 0 Å². The third kappa shape index (κ3) is 9.38. The number of benzene rings is 3. The maximum atomic E-state index is 12.2. The number of hydrogen-bond acceptors (Lipinski definition) is 6. The maximum absolute atomic E-state index is 12.2. The number of aryl methyl sites for hydroxylation is 6. The molecule has 6 saturated carbocycles. The van der Waals surface area contributed by atoms with Crippen molar-refractivity contribution in [3.8, 4) is 0 Å². The average molecular weight is 1210 g/mol. The molecule has 0 spiro atoms. The predicted octanol–water partition coefficient (Wildman–Crippen LogP) is 11.4. The van der Waals surface area contributed by atoms with E-state index in [-0.39, 0.29) is 17.1 Å². The van der Waals surface area contributed by atoms with E-state index in [2.05, 4.69) is 108 Å². The number of nitrogens with zero attached hydrogens (tertiary/aromatic N) is 11. The monoisotopic (exact) mass is 1210 g/mol. The topological polar surface area (TPSA) is 145 Å². The lowest BCUT2D eigenvalue weighted by molar-refractivity contribution is 0.740. The Morgan fingerprint density at radius 3 is 1.40 bits per heavy atom. The van der Waals surface area contributed by atoms with Crippen molar-refractivity contribution < 1.29 is 0 Å². The molecule has 6 heterocycles. The van der Waals surface area contributed by atoms with E-state index in [0.717, 1.165) is 92.0 Å². The molecule has 422 valence electrons. The molecule has 0 amide bonds. The van der Waals surface area contributed by atoms with Crippen molar-refractivity contribution in [1.82, 2.24) is 56.5 Å². The highest BCUT2D eigenvalue weighted by molar-refractivity contribution is 14.1. The van der Waals surface area contributed by atoms with Crippen molar-refractivity contribution in [3.63, 3.8) is 0 Å². The van der Waals surface area contributed by atoms with Crippen LogP contribution in [0.1, 0.15) is 146 Å². The van der Waals surface area contributed by atoms with Crippen molar-refractivity contribution in [1.29, 1.82) is 0 Å². The Morgan fingerprint density at radius 1 is 0.488 bits per heavy atom. The fourth-order valence-corrected chi connectivity index (χ4v) is 14.6. The Labute approximate surface area is 490 Å². The third-order valence-electron chi connectivity index (χ3n) is 19.7. The van der Waals surface area contributed by atoms with Crippen molar-refractivity contribution in [3.05, 3.63) is 174 Å². The number of fused-ring (bicyclic) bond motifs is 6. The molecular formula is C66H73IN12O3. The second-order valence-electron chi connectivity index (χ2n) is 25.7. The molecule has 9 aliphatic carbocycles. The Kier molecular flexibility index (Phi) is 12.6. The number of allylic oxidation sites excluding steroid dienone is 6. The first-order valence-corrected chi connectivity index (χ1v) is 31.5. The first-order chi connectivity index (χ1) is 39.8. The van der Waals surface area contributed by atoms with Crippen molar-refractivity contribution in [2.24, 2.45) is 77.8 Å². The van der Waals surface area contributed by atoms with E-state index < -0.39 is 0 Å². The van der Waals surface area contributed by atoms with Gasteiger partial charge in [0.1, 0.15) is 0 Å². The summed E-state index contributed by atoms with van der Waals surface area (Å²) in [5, 5.41) is 0. The van der Waals surface area contributed by atoms with Gasteiger partial charge in [0.15, 0.2) is 0 Å². The molecule has 6 unspecified atom stereocenters. The number of halogens is 1. The number of rotatable bonds is 11. The zero-order chi connectivity index (χ0) is 56.0. The van der Waals surface area contributed by atoms with Gasteiger partial charge in [0.25, 0.3) is 0 Å². The zero-order valence-corrected chi connectivity index (χ0v) is 50.1. The second-order valence-corrected chi connectivity index (χ2v) is 26.4. The highest BCUT2D eigenvalue weighted by Crippen LogP contribution is 2.57. The van der Waals surface area contributed by atoms with Crippen LogP contribution in [0.15, 0.2) is 106 Å². The lowest BCUT2D eigenvalue weighted by atomic mass is 10.0. The van der Waals surface area contributed by atoms with Crippen molar-refractivity contribution in [2.75, 3.05) is 0 Å². The predicted molar refractivity (Wildman–Crippen MR) is 332 cm³/mol. The molecule has 18 rings (SSSR count). The summed E-state index contributed by atoms with van der Waals surface area (Å²) < 4.78 is 15.9. The molecule has 9 aliphatic rings. The van der Waals surface area contributed by atoms with Gasteiger partial charge in [0.05, 0.1) is 74.9 Å². The Balaban J connectivity index is 0.0000000981. The first kappa shape index (κ1) is 51.9. The molecule has 6 atom stereocenters. The lowest BCUT2D eigenvalue weighted by Gasteiger charge is -2.13. The van der Waals surface area contributed by atoms with Gasteiger partial charge in [0, 0.05) is 88.9 Å². The van der Waals surface area contributed by atoms with Crippen LogP contribution in [-0.4, -0.2) is 56.5 Å². The molecule has 0 saturated heterocycles. The van der Waals surface area contributed by atoms with E-state index >= 15 is 0 Å². The molecular weight excluding hydrogens is 1140 g/mol. The molecule has 0 aliphatic heterocycles. The highest BCUT2D eigenvalue weighted by atomic mass is 127. The maximum Gasteiger partial charge on any atom is 0.328 e. The minimum Gasteiger partial charge on any atom is -0.348 e. The number of aromatic nitrogens is 12. The van der Waals surface area contributed by atoms with Gasteiger partial charge in [-0.25, -0.2) is 29.3 Å². The SMILES string of the molecule is C1=C(c2nc[nH]c2C2CC2)CC2CC12.Cn1c(=O)n(C)c2cc(CI)ccc21.Cn1c(=O)n(C)c2cc(Cn3cnc(C4=CC5CC5C4)c3C3CC3)ccc21.Cn1c(=O)n(C)c2cc(Cn3cnc(C4CC4)c3C3=CC4CC4C3)ccc21. The summed E-state index contributed by atoms with van der Waals surface area (Å²) in [5.41, 5.74) is 22.3. The molecule has 0 bridgehead atoms. The summed E-state index contributed by atoms with van der Waals surface area (Å²) in [6, 6.07) is 18.9. The lowest BCUT2D eigenvalue weighted by Crippen LogP contribution is -2.19. The van der Waals surface area contributed by atoms with E-state index in [1.807, 2.05) is 60.3 Å². The molecule has 6 aromatic heterocycles. The van der Waals surface area contributed by atoms with E-state index in [0.29, 0.717) is 11.8 Å². The highest BCUT2D eigenvalue weighted by Gasteiger charge is 2.45. The molecule has 16 heteroatoms. The zero-order valence-electron chi connectivity index (χ0n) is 48.0. The molecule has 0 radical (unpaired) electrons. The number of hydrogen-bond donors (Lipinski definition) is 1. The molecule has 9 aromatic rings. The van der Waals surface area contributed by atoms with Gasteiger partial charge in [-0.05, 0) is 182 Å². The van der Waals surface area contributed by atoms with Crippen LogP contribution in [0.25, 0.3) is 49.8 Å². The third-order valence-corrected chi connectivity index (χ3v) is 20.6. The molecule has 1 N–H and O–H groups in total. The number of nitrogens with one attached hydrogen (secondary N) is 1. The standard InChI is InChI=1S/2C22H24N4O.C12H14N2.C10H11IN2O/c1-24-18-6-3-13(7-19(18)25(2)22(24)27)11-26-12-23-20(21(26)14-4-5-14)17-9-15-8-16(15)10-17;1-24-18-6-3-13(7-19(18)25(2)22(24)27)11-26-12-23-20(14-4-5-14)21(26)17-9-15-8-16(15)10-17;1-2-7(1)11-12(14-6-13-11)10-4-8-3-9(8)5-10;1-12-8-4-3-7(6-11)5-9(8)13(2)10(12)14/h2*3,6-7,9,12,14-16H,4-5,8,10-11H2,1-2H3;4,6-9H,1-3,5H2,(H,13,14);3-5H,6H2,1-2H3.